The van der Waals surface area contributed by atoms with Crippen molar-refractivity contribution in [3.8, 4) is 10.6 Å². The third-order valence-corrected chi connectivity index (χ3v) is 5.36. The summed E-state index contributed by atoms with van der Waals surface area (Å²) in [6, 6.07) is 6.12. The van der Waals surface area contributed by atoms with Crippen LogP contribution in [-0.2, 0) is 16.0 Å². The summed E-state index contributed by atoms with van der Waals surface area (Å²) in [4.78, 5) is 38.9. The van der Waals surface area contributed by atoms with Gasteiger partial charge in [-0.05, 0) is 18.4 Å². The van der Waals surface area contributed by atoms with Crippen molar-refractivity contribution in [3.63, 3.8) is 0 Å². The van der Waals surface area contributed by atoms with Crippen molar-refractivity contribution in [1.29, 1.82) is 0 Å². The quantitative estimate of drug-likeness (QED) is 0.256. The van der Waals surface area contributed by atoms with Crippen LogP contribution in [0.25, 0.3) is 10.6 Å². The van der Waals surface area contributed by atoms with Gasteiger partial charge in [-0.25, -0.2) is 4.98 Å². The Hall–Kier alpha value is -2.91. The highest BCUT2D eigenvalue weighted by Crippen LogP contribution is 2.26. The Bertz CT molecular complexity index is 995. The Morgan fingerprint density at radius 3 is 2.78 bits per heavy atom. The monoisotopic (exact) mass is 402 g/mol. The number of thiazole rings is 1. The molecule has 0 N–H and O–H groups in total. The number of nitro groups is 1. The van der Waals surface area contributed by atoms with Crippen molar-refractivity contribution < 1.29 is 19.2 Å². The first-order chi connectivity index (χ1) is 12.9. The minimum absolute atomic E-state index is 0.0397. The van der Waals surface area contributed by atoms with Gasteiger partial charge >= 0.3 is 5.97 Å². The van der Waals surface area contributed by atoms with Gasteiger partial charge in [-0.3, -0.25) is 19.7 Å². The van der Waals surface area contributed by atoms with Crippen LogP contribution < -0.4 is 0 Å². The average Bonchev–Trinajstić information content (AvgIpc) is 3.31. The minimum Gasteiger partial charge on any atom is -0.457 e. The number of ketones is 1. The van der Waals surface area contributed by atoms with E-state index in [1.807, 2.05) is 16.8 Å². The van der Waals surface area contributed by atoms with Crippen molar-refractivity contribution >= 4 is 40.1 Å². The van der Waals surface area contributed by atoms with Crippen molar-refractivity contribution in [1.82, 2.24) is 4.98 Å². The molecule has 2 heterocycles. The third-order valence-electron chi connectivity index (χ3n) is 3.74. The summed E-state index contributed by atoms with van der Waals surface area (Å²) in [7, 11) is 0. The molecule has 0 radical (unpaired) electrons. The van der Waals surface area contributed by atoms with Crippen molar-refractivity contribution in [3.05, 3.63) is 67.3 Å². The molecule has 138 valence electrons. The molecule has 9 heteroatoms. The number of aromatic nitrogens is 1. The zero-order valence-corrected chi connectivity index (χ0v) is 15.8. The van der Waals surface area contributed by atoms with Crippen LogP contribution >= 0.6 is 22.7 Å². The number of ether oxygens (including phenoxy) is 1. The maximum Gasteiger partial charge on any atom is 0.312 e. The summed E-state index contributed by atoms with van der Waals surface area (Å²) < 4.78 is 5.00. The van der Waals surface area contributed by atoms with Crippen molar-refractivity contribution in [2.75, 3.05) is 6.61 Å². The van der Waals surface area contributed by atoms with Gasteiger partial charge in [0.1, 0.15) is 5.01 Å². The Kier molecular flexibility index (Phi) is 5.72. The van der Waals surface area contributed by atoms with E-state index in [9.17, 15) is 19.7 Å². The average molecular weight is 402 g/mol. The number of benzene rings is 1. The summed E-state index contributed by atoms with van der Waals surface area (Å²) in [5.41, 5.74) is 2.02. The van der Waals surface area contributed by atoms with Crippen LogP contribution in [0.3, 0.4) is 0 Å². The number of aryl methyl sites for hydroxylation is 1. The summed E-state index contributed by atoms with van der Waals surface area (Å²) >= 11 is 3.00. The fraction of sp³-hybridized carbons (Fsp3) is 0.167. The molecule has 1 aromatic carbocycles. The first-order valence-corrected chi connectivity index (χ1v) is 9.67. The van der Waals surface area contributed by atoms with Gasteiger partial charge in [0.05, 0.1) is 17.0 Å². The van der Waals surface area contributed by atoms with Gasteiger partial charge in [0.25, 0.3) is 5.69 Å². The molecule has 3 rings (SSSR count). The normalized spacial score (nSPS) is 10.6. The molecule has 3 aromatic rings. The Labute approximate surface area is 162 Å². The van der Waals surface area contributed by atoms with E-state index in [1.54, 1.807) is 23.6 Å². The van der Waals surface area contributed by atoms with Gasteiger partial charge in [0.15, 0.2) is 6.61 Å². The summed E-state index contributed by atoms with van der Waals surface area (Å²) in [6.45, 7) is 1.12. The lowest BCUT2D eigenvalue weighted by Crippen LogP contribution is -2.16. The number of hydrogen-bond acceptors (Lipinski definition) is 8. The highest BCUT2D eigenvalue weighted by molar-refractivity contribution is 7.14. The van der Waals surface area contributed by atoms with Gasteiger partial charge < -0.3 is 4.74 Å². The van der Waals surface area contributed by atoms with E-state index in [2.05, 4.69) is 4.98 Å². The highest BCUT2D eigenvalue weighted by atomic mass is 32.1. The van der Waals surface area contributed by atoms with Crippen LogP contribution in [0.4, 0.5) is 5.69 Å². The number of thiophene rings is 1. The first kappa shape index (κ1) is 18.9. The fourth-order valence-electron chi connectivity index (χ4n) is 2.31. The SMILES string of the molecule is Cc1ccc(C(=O)COC(=O)Cc2csc(-c3ccsc3)n2)cc1[N+](=O)[O-]. The second kappa shape index (κ2) is 8.19. The molecule has 0 unspecified atom stereocenters. The maximum absolute atomic E-state index is 12.1. The van der Waals surface area contributed by atoms with Crippen molar-refractivity contribution in [2.45, 2.75) is 13.3 Å². The lowest BCUT2D eigenvalue weighted by Gasteiger charge is -2.04. The van der Waals surface area contributed by atoms with Crippen LogP contribution in [0.1, 0.15) is 21.6 Å². The standard InChI is InChI=1S/C18H14N2O5S2/c1-11-2-3-12(6-15(11)20(23)24)16(21)8-25-17(22)7-14-10-27-18(19-14)13-4-5-26-9-13/h2-6,9-10H,7-8H2,1H3. The van der Waals surface area contributed by atoms with Gasteiger partial charge in [0, 0.05) is 33.5 Å². The lowest BCUT2D eigenvalue weighted by molar-refractivity contribution is -0.385. The van der Waals surface area contributed by atoms with E-state index in [1.165, 1.54) is 29.5 Å². The van der Waals surface area contributed by atoms with Crippen LogP contribution in [0, 0.1) is 17.0 Å². The molecular formula is C18H14N2O5S2. The number of nitrogens with zero attached hydrogens (tertiary/aromatic N) is 2. The zero-order chi connectivity index (χ0) is 19.4. The molecule has 0 spiro atoms. The van der Waals surface area contributed by atoms with Crippen LogP contribution in [0.15, 0.2) is 40.4 Å². The maximum atomic E-state index is 12.1. The van der Waals surface area contributed by atoms with Crippen LogP contribution in [-0.4, -0.2) is 28.3 Å². The molecule has 0 aliphatic rings. The van der Waals surface area contributed by atoms with Gasteiger partial charge in [-0.1, -0.05) is 12.1 Å². The topological polar surface area (TPSA) is 99.4 Å². The predicted molar refractivity (Wildman–Crippen MR) is 102 cm³/mol. The van der Waals surface area contributed by atoms with E-state index >= 15 is 0 Å². The Morgan fingerprint density at radius 1 is 1.26 bits per heavy atom. The van der Waals surface area contributed by atoms with Gasteiger partial charge in [0.2, 0.25) is 5.78 Å². The van der Waals surface area contributed by atoms with Gasteiger partial charge in [-0.15, -0.1) is 11.3 Å². The molecule has 0 amide bonds. The number of Topliss-reactive ketones (excluding diaryl/α,β-unsaturated/α-hetero) is 1. The van der Waals surface area contributed by atoms with E-state index < -0.39 is 23.3 Å². The summed E-state index contributed by atoms with van der Waals surface area (Å²) in [5, 5.41) is 17.5. The Balaban J connectivity index is 1.57. The molecule has 7 nitrogen and oxygen atoms in total. The minimum atomic E-state index is -0.577. The van der Waals surface area contributed by atoms with E-state index in [4.69, 9.17) is 4.74 Å². The molecule has 27 heavy (non-hydrogen) atoms. The number of esters is 1. The molecular weight excluding hydrogens is 388 g/mol. The van der Waals surface area contributed by atoms with E-state index in [0.29, 0.717) is 11.3 Å². The smallest absolute Gasteiger partial charge is 0.312 e. The highest BCUT2D eigenvalue weighted by Gasteiger charge is 2.17. The first-order valence-electron chi connectivity index (χ1n) is 7.85. The molecule has 0 aliphatic carbocycles. The zero-order valence-electron chi connectivity index (χ0n) is 14.2. The van der Waals surface area contributed by atoms with E-state index in [0.717, 1.165) is 10.6 Å². The van der Waals surface area contributed by atoms with E-state index in [-0.39, 0.29) is 17.7 Å². The van der Waals surface area contributed by atoms with Gasteiger partial charge in [-0.2, -0.15) is 11.3 Å². The number of carbonyl (C=O) groups excluding carboxylic acids is 2. The number of nitro benzene ring substituents is 1. The molecule has 0 bridgehead atoms. The molecule has 0 aliphatic heterocycles. The second-order valence-corrected chi connectivity index (χ2v) is 7.31. The molecule has 0 fully saturated rings. The van der Waals surface area contributed by atoms with Crippen LogP contribution in [0.5, 0.6) is 0 Å². The third kappa shape index (κ3) is 4.63. The lowest BCUT2D eigenvalue weighted by atomic mass is 10.1. The largest absolute Gasteiger partial charge is 0.457 e. The molecule has 0 saturated carbocycles. The fourth-order valence-corrected chi connectivity index (χ4v) is 3.85. The van der Waals surface area contributed by atoms with Crippen molar-refractivity contribution in [2.24, 2.45) is 0 Å². The van der Waals surface area contributed by atoms with Crippen LogP contribution in [0.2, 0.25) is 0 Å². The Morgan fingerprint density at radius 2 is 2.07 bits per heavy atom. The summed E-state index contributed by atoms with van der Waals surface area (Å²) in [5.74, 6) is -1.07. The number of rotatable bonds is 7. The molecule has 2 aromatic heterocycles. The predicted octanol–water partition coefficient (Wildman–Crippen LogP) is 4.06. The molecule has 0 saturated heterocycles. The number of hydrogen-bond donors (Lipinski definition) is 0. The number of carbonyl (C=O) groups is 2. The second-order valence-electron chi connectivity index (χ2n) is 5.68. The molecule has 0 atom stereocenters. The summed E-state index contributed by atoms with van der Waals surface area (Å²) in [6.07, 6.45) is -0.0397.